The summed E-state index contributed by atoms with van der Waals surface area (Å²) in [6.45, 7) is 0.577. The summed E-state index contributed by atoms with van der Waals surface area (Å²) in [5, 5.41) is 2.80. The molecule has 2 rings (SSSR count). The number of halogens is 3. The molecule has 1 N–H and O–H groups in total. The van der Waals surface area contributed by atoms with Gasteiger partial charge in [-0.05, 0) is 24.6 Å². The number of fused-ring (bicyclic) bond motifs is 1. The minimum absolute atomic E-state index is 0.438. The lowest BCUT2D eigenvalue weighted by Crippen LogP contribution is -2.32. The van der Waals surface area contributed by atoms with Crippen LogP contribution in [0, 0.1) is 0 Å². The van der Waals surface area contributed by atoms with E-state index in [0.29, 0.717) is 12.3 Å². The molecule has 1 atom stereocenters. The van der Waals surface area contributed by atoms with E-state index in [0.717, 1.165) is 12.0 Å². The second-order valence-corrected chi connectivity index (χ2v) is 3.39. The zero-order valence-corrected chi connectivity index (χ0v) is 7.40. The van der Waals surface area contributed by atoms with E-state index < -0.39 is 18.6 Å². The van der Waals surface area contributed by atoms with E-state index in [1.54, 1.807) is 6.07 Å². The third kappa shape index (κ3) is 1.92. The quantitative estimate of drug-likeness (QED) is 0.761. The molecule has 2 nitrogen and oxygen atoms in total. The van der Waals surface area contributed by atoms with Crippen molar-refractivity contribution in [2.45, 2.75) is 25.1 Å². The molecule has 1 aliphatic rings. The predicted octanol–water partition coefficient (Wildman–Crippen LogP) is 2.42. The van der Waals surface area contributed by atoms with Crippen LogP contribution in [0.2, 0.25) is 0 Å². The molecule has 5 heteroatoms. The van der Waals surface area contributed by atoms with E-state index in [1.165, 1.54) is 6.26 Å². The van der Waals surface area contributed by atoms with Gasteiger partial charge in [-0.3, -0.25) is 0 Å². The summed E-state index contributed by atoms with van der Waals surface area (Å²) in [4.78, 5) is 0. The molecule has 0 aliphatic carbocycles. The minimum atomic E-state index is -4.15. The summed E-state index contributed by atoms with van der Waals surface area (Å²) < 4.78 is 41.5. The van der Waals surface area contributed by atoms with Gasteiger partial charge < -0.3 is 9.73 Å². The molecule has 1 unspecified atom stereocenters. The highest BCUT2D eigenvalue weighted by atomic mass is 19.4. The molecule has 1 aromatic rings. The Hall–Kier alpha value is -0.970. The fourth-order valence-electron chi connectivity index (χ4n) is 1.73. The smallest absolute Gasteiger partial charge is 0.391 e. The maximum atomic E-state index is 12.2. The van der Waals surface area contributed by atoms with Crippen LogP contribution in [0.5, 0.6) is 0 Å². The molecule has 0 spiro atoms. The Bertz CT molecular complexity index is 318. The lowest BCUT2D eigenvalue weighted by atomic mass is 10.0. The van der Waals surface area contributed by atoms with Crippen LogP contribution in [-0.2, 0) is 6.42 Å². The maximum absolute atomic E-state index is 12.2. The average Bonchev–Trinajstić information content (AvgIpc) is 2.49. The first-order chi connectivity index (χ1) is 6.56. The molecular formula is C9H10F3NO. The highest BCUT2D eigenvalue weighted by Gasteiger charge is 2.35. The van der Waals surface area contributed by atoms with E-state index in [1.807, 2.05) is 0 Å². The van der Waals surface area contributed by atoms with Crippen molar-refractivity contribution >= 4 is 0 Å². The third-order valence-corrected chi connectivity index (χ3v) is 2.32. The second-order valence-electron chi connectivity index (χ2n) is 3.39. The molecule has 2 heterocycles. The first-order valence-corrected chi connectivity index (χ1v) is 4.43. The maximum Gasteiger partial charge on any atom is 0.391 e. The molecule has 0 fully saturated rings. The minimum Gasteiger partial charge on any atom is -0.467 e. The van der Waals surface area contributed by atoms with Gasteiger partial charge in [-0.15, -0.1) is 0 Å². The van der Waals surface area contributed by atoms with Crippen molar-refractivity contribution in [3.8, 4) is 0 Å². The van der Waals surface area contributed by atoms with Gasteiger partial charge in [0.1, 0.15) is 5.76 Å². The lowest BCUT2D eigenvalue weighted by Gasteiger charge is -2.23. The van der Waals surface area contributed by atoms with Crippen LogP contribution in [0.4, 0.5) is 13.2 Å². The molecule has 1 aromatic heterocycles. The van der Waals surface area contributed by atoms with Crippen LogP contribution in [0.3, 0.4) is 0 Å². The number of rotatable bonds is 1. The van der Waals surface area contributed by atoms with E-state index in [2.05, 4.69) is 5.32 Å². The van der Waals surface area contributed by atoms with E-state index in [4.69, 9.17) is 4.42 Å². The van der Waals surface area contributed by atoms with Crippen molar-refractivity contribution in [2.24, 2.45) is 0 Å². The molecule has 0 amide bonds. The van der Waals surface area contributed by atoms with Crippen LogP contribution < -0.4 is 5.32 Å². The number of hydrogen-bond acceptors (Lipinski definition) is 2. The van der Waals surface area contributed by atoms with Gasteiger partial charge in [0.05, 0.1) is 18.7 Å². The Morgan fingerprint density at radius 3 is 3.00 bits per heavy atom. The summed E-state index contributed by atoms with van der Waals surface area (Å²) in [6, 6.07) is 1.02. The fraction of sp³-hybridized carbons (Fsp3) is 0.556. The van der Waals surface area contributed by atoms with E-state index in [9.17, 15) is 13.2 Å². The Morgan fingerprint density at radius 1 is 1.50 bits per heavy atom. The van der Waals surface area contributed by atoms with Crippen molar-refractivity contribution in [3.05, 3.63) is 23.7 Å². The topological polar surface area (TPSA) is 25.2 Å². The SMILES string of the molecule is FC(F)(F)CC1NCCc2ccoc21. The first-order valence-electron chi connectivity index (χ1n) is 4.43. The molecule has 0 bridgehead atoms. The van der Waals surface area contributed by atoms with Crippen LogP contribution in [0.25, 0.3) is 0 Å². The number of furan rings is 1. The van der Waals surface area contributed by atoms with Crippen molar-refractivity contribution in [1.82, 2.24) is 5.32 Å². The lowest BCUT2D eigenvalue weighted by molar-refractivity contribution is -0.141. The standard InChI is InChI=1S/C9H10F3NO/c10-9(11,12)5-7-8-6(1-3-13-7)2-4-14-8/h2,4,7,13H,1,3,5H2. The largest absolute Gasteiger partial charge is 0.467 e. The van der Waals surface area contributed by atoms with Crippen molar-refractivity contribution < 1.29 is 17.6 Å². The first kappa shape index (κ1) is 9.58. The van der Waals surface area contributed by atoms with Crippen LogP contribution in [0.1, 0.15) is 23.8 Å². The second kappa shape index (κ2) is 3.31. The number of hydrogen-bond donors (Lipinski definition) is 1. The van der Waals surface area contributed by atoms with Gasteiger partial charge in [-0.1, -0.05) is 0 Å². The Balaban J connectivity index is 2.16. The highest BCUT2D eigenvalue weighted by Crippen LogP contribution is 2.33. The zero-order valence-electron chi connectivity index (χ0n) is 7.40. The molecular weight excluding hydrogens is 195 g/mol. The molecule has 0 radical (unpaired) electrons. The molecule has 14 heavy (non-hydrogen) atoms. The normalized spacial score (nSPS) is 22.1. The van der Waals surface area contributed by atoms with Crippen LogP contribution >= 0.6 is 0 Å². The van der Waals surface area contributed by atoms with Gasteiger partial charge in [0.2, 0.25) is 0 Å². The third-order valence-electron chi connectivity index (χ3n) is 2.32. The van der Waals surface area contributed by atoms with Crippen molar-refractivity contribution in [1.29, 1.82) is 0 Å². The highest BCUT2D eigenvalue weighted by molar-refractivity contribution is 5.23. The number of nitrogens with one attached hydrogen (secondary N) is 1. The monoisotopic (exact) mass is 205 g/mol. The molecule has 0 aromatic carbocycles. The van der Waals surface area contributed by atoms with E-state index >= 15 is 0 Å². The predicted molar refractivity (Wildman–Crippen MR) is 43.8 cm³/mol. The summed E-state index contributed by atoms with van der Waals surface area (Å²) in [5.41, 5.74) is 0.887. The van der Waals surface area contributed by atoms with Gasteiger partial charge in [-0.2, -0.15) is 13.2 Å². The molecule has 0 saturated heterocycles. The average molecular weight is 205 g/mol. The fourth-order valence-corrected chi connectivity index (χ4v) is 1.73. The molecule has 0 saturated carbocycles. The summed E-state index contributed by atoms with van der Waals surface area (Å²) >= 11 is 0. The van der Waals surface area contributed by atoms with Gasteiger partial charge in [-0.25, -0.2) is 0 Å². The van der Waals surface area contributed by atoms with Crippen molar-refractivity contribution in [3.63, 3.8) is 0 Å². The zero-order chi connectivity index (χ0) is 10.2. The van der Waals surface area contributed by atoms with Gasteiger partial charge in [0, 0.05) is 0 Å². The summed E-state index contributed by atoms with van der Waals surface area (Å²) in [6.07, 6.45) is -2.84. The Morgan fingerprint density at radius 2 is 2.29 bits per heavy atom. The van der Waals surface area contributed by atoms with Crippen LogP contribution in [0.15, 0.2) is 16.7 Å². The molecule has 78 valence electrons. The summed E-state index contributed by atoms with van der Waals surface area (Å²) in [7, 11) is 0. The van der Waals surface area contributed by atoms with Crippen LogP contribution in [-0.4, -0.2) is 12.7 Å². The number of alkyl halides is 3. The Labute approximate surface area is 79.1 Å². The molecule has 1 aliphatic heterocycles. The van der Waals surface area contributed by atoms with Gasteiger partial charge in [0.25, 0.3) is 0 Å². The summed E-state index contributed by atoms with van der Waals surface area (Å²) in [5.74, 6) is 0.438. The Kier molecular flexibility index (Phi) is 2.26. The van der Waals surface area contributed by atoms with Gasteiger partial charge >= 0.3 is 6.18 Å². The van der Waals surface area contributed by atoms with Gasteiger partial charge in [0.15, 0.2) is 0 Å². The van der Waals surface area contributed by atoms with E-state index in [-0.39, 0.29) is 0 Å². The van der Waals surface area contributed by atoms with Crippen molar-refractivity contribution in [2.75, 3.05) is 6.54 Å².